The van der Waals surface area contributed by atoms with Gasteiger partial charge in [0.05, 0.1) is 0 Å². The molecule has 0 N–H and O–H groups in total. The summed E-state index contributed by atoms with van der Waals surface area (Å²) in [6.45, 7) is 10.0. The van der Waals surface area contributed by atoms with Crippen LogP contribution in [-0.4, -0.2) is 18.4 Å². The molecule has 178 valence electrons. The maximum atomic E-state index is 15.0. The van der Waals surface area contributed by atoms with Gasteiger partial charge in [-0.05, 0) is 0 Å². The Hall–Kier alpha value is -1.11. The second-order valence-corrected chi connectivity index (χ2v) is 22.0. The fourth-order valence-corrected chi connectivity index (χ4v) is 23.1. The van der Waals surface area contributed by atoms with E-state index >= 15 is 8.78 Å². The average molecular weight is 561 g/mol. The van der Waals surface area contributed by atoms with E-state index in [-0.39, 0.29) is 5.56 Å². The molecular weight excluding hydrogens is 526 g/mol. The van der Waals surface area contributed by atoms with Gasteiger partial charge in [0.1, 0.15) is 0 Å². The summed E-state index contributed by atoms with van der Waals surface area (Å²) >= 11 is -3.29. The molecule has 0 bridgehead atoms. The first kappa shape index (κ1) is 27.1. The van der Waals surface area contributed by atoms with Crippen molar-refractivity contribution in [1.82, 2.24) is 0 Å². The summed E-state index contributed by atoms with van der Waals surface area (Å²) in [4.78, 5) is 0. The predicted molar refractivity (Wildman–Crippen MR) is 126 cm³/mol. The molecule has 0 heterocycles. The van der Waals surface area contributed by atoms with Crippen molar-refractivity contribution in [2.75, 3.05) is 0 Å². The molecule has 0 atom stereocenters. The Morgan fingerprint density at radius 3 is 1.34 bits per heavy atom. The molecular formula is C26H35F5Sn. The Balaban J connectivity index is 2.97. The first-order valence-corrected chi connectivity index (χ1v) is 19.3. The van der Waals surface area contributed by atoms with Gasteiger partial charge in [-0.1, -0.05) is 0 Å². The molecule has 32 heavy (non-hydrogen) atoms. The fraction of sp³-hybridized carbons (Fsp3) is 0.538. The van der Waals surface area contributed by atoms with Crippen LogP contribution in [0.25, 0.3) is 11.1 Å². The van der Waals surface area contributed by atoms with Gasteiger partial charge in [0, 0.05) is 0 Å². The Bertz CT molecular complexity index is 888. The summed E-state index contributed by atoms with van der Waals surface area (Å²) in [7, 11) is 0. The van der Waals surface area contributed by atoms with Gasteiger partial charge in [-0.3, -0.25) is 0 Å². The van der Waals surface area contributed by atoms with Crippen molar-refractivity contribution in [3.05, 3.63) is 52.3 Å². The molecule has 0 saturated carbocycles. The molecule has 6 heteroatoms. The van der Waals surface area contributed by atoms with Crippen molar-refractivity contribution in [3.63, 3.8) is 0 Å². The standard InChI is InChI=1S/C14H8F5.3C4H9.Sn/c1-6-3-4-7(2)8(5-6)9-10(15)12(17)14(19)13(18)11(9)16;3*1-3-4-2;/h3-4H,1-2H3;3*1,3-4H2,2H3;. The third kappa shape index (κ3) is 5.34. The molecule has 0 radical (unpaired) electrons. The van der Waals surface area contributed by atoms with Gasteiger partial charge in [-0.2, -0.15) is 0 Å². The molecule has 0 aliphatic heterocycles. The van der Waals surface area contributed by atoms with Crippen LogP contribution in [0.15, 0.2) is 12.1 Å². The molecule has 0 aliphatic carbocycles. The van der Waals surface area contributed by atoms with Crippen molar-refractivity contribution in [2.24, 2.45) is 0 Å². The molecule has 0 saturated heterocycles. The SMILES string of the molecule is CCC[CH2][Sn]([CH2]CCC)([CH2]CCC)[c]1c(C)ccc(C)c1-c1c(F)c(F)c(F)c(F)c1F. The van der Waals surface area contributed by atoms with Crippen LogP contribution < -0.4 is 3.58 Å². The number of halogens is 5. The topological polar surface area (TPSA) is 0 Å². The minimum atomic E-state index is -3.29. The molecule has 2 rings (SSSR count). The van der Waals surface area contributed by atoms with Crippen molar-refractivity contribution < 1.29 is 22.0 Å². The molecule has 2 aromatic rings. The van der Waals surface area contributed by atoms with Gasteiger partial charge in [-0.15, -0.1) is 0 Å². The molecule has 0 unspecified atom stereocenters. The van der Waals surface area contributed by atoms with Gasteiger partial charge in [-0.25, -0.2) is 0 Å². The normalized spacial score (nSPS) is 11.9. The quantitative estimate of drug-likeness (QED) is 0.111. The molecule has 0 nitrogen and oxygen atoms in total. The second-order valence-electron chi connectivity index (χ2n) is 8.99. The van der Waals surface area contributed by atoms with E-state index in [1.54, 1.807) is 13.0 Å². The van der Waals surface area contributed by atoms with Crippen LogP contribution in [0.4, 0.5) is 22.0 Å². The number of aryl methyl sites for hydroxylation is 2. The Kier molecular flexibility index (Phi) is 10.0. The zero-order valence-corrected chi connectivity index (χ0v) is 22.8. The number of rotatable bonds is 11. The summed E-state index contributed by atoms with van der Waals surface area (Å²) < 4.78 is 76.3. The molecule has 2 aromatic carbocycles. The monoisotopic (exact) mass is 562 g/mol. The van der Waals surface area contributed by atoms with Gasteiger partial charge in [0.15, 0.2) is 0 Å². The maximum absolute atomic E-state index is 15.0. The van der Waals surface area contributed by atoms with Crippen LogP contribution in [0.2, 0.25) is 13.3 Å². The summed E-state index contributed by atoms with van der Waals surface area (Å²) in [5.41, 5.74) is 1.01. The number of benzene rings is 2. The summed E-state index contributed by atoms with van der Waals surface area (Å²) in [5.74, 6) is -9.30. The molecule has 0 fully saturated rings. The van der Waals surface area contributed by atoms with E-state index in [1.165, 1.54) is 0 Å². The van der Waals surface area contributed by atoms with Crippen molar-refractivity contribution in [2.45, 2.75) is 86.5 Å². The number of unbranched alkanes of at least 4 members (excludes halogenated alkanes) is 3. The van der Waals surface area contributed by atoms with E-state index in [2.05, 4.69) is 20.8 Å². The van der Waals surface area contributed by atoms with Crippen LogP contribution in [0.1, 0.15) is 70.4 Å². The van der Waals surface area contributed by atoms with Crippen LogP contribution in [-0.2, 0) is 0 Å². The fourth-order valence-electron chi connectivity index (χ4n) is 4.94. The average Bonchev–Trinajstić information content (AvgIpc) is 2.79. The first-order valence-electron chi connectivity index (χ1n) is 11.8. The van der Waals surface area contributed by atoms with Gasteiger partial charge >= 0.3 is 194 Å². The van der Waals surface area contributed by atoms with Gasteiger partial charge < -0.3 is 0 Å². The summed E-state index contributed by atoms with van der Waals surface area (Å²) in [6.07, 6.45) is 6.10. The molecule has 0 amide bonds. The third-order valence-electron chi connectivity index (χ3n) is 6.64. The molecule has 0 aliphatic rings. The third-order valence-corrected chi connectivity index (χ3v) is 22.7. The number of hydrogen-bond donors (Lipinski definition) is 0. The first-order chi connectivity index (χ1) is 15.2. The predicted octanol–water partition coefficient (Wildman–Crippen LogP) is 8.72. The van der Waals surface area contributed by atoms with Crippen molar-refractivity contribution in [1.29, 1.82) is 0 Å². The number of hydrogen-bond acceptors (Lipinski definition) is 0. The van der Waals surface area contributed by atoms with Crippen molar-refractivity contribution >= 4 is 22.0 Å². The van der Waals surface area contributed by atoms with E-state index in [1.807, 2.05) is 13.0 Å². The van der Waals surface area contributed by atoms with Gasteiger partial charge in [0.2, 0.25) is 0 Å². The summed E-state index contributed by atoms with van der Waals surface area (Å²) in [6, 6.07) is 3.69. The second kappa shape index (κ2) is 11.8. The van der Waals surface area contributed by atoms with E-state index < -0.39 is 53.0 Å². The Morgan fingerprint density at radius 1 is 0.562 bits per heavy atom. The van der Waals surface area contributed by atoms with Crippen LogP contribution >= 0.6 is 0 Å². The van der Waals surface area contributed by atoms with Gasteiger partial charge in [0.25, 0.3) is 0 Å². The molecule has 0 aromatic heterocycles. The van der Waals surface area contributed by atoms with Crippen LogP contribution in [0.3, 0.4) is 0 Å². The Labute approximate surface area is 193 Å². The van der Waals surface area contributed by atoms with E-state index in [0.717, 1.165) is 61.0 Å². The Morgan fingerprint density at radius 2 is 0.938 bits per heavy atom. The van der Waals surface area contributed by atoms with E-state index in [9.17, 15) is 13.2 Å². The molecule has 0 spiro atoms. The summed E-state index contributed by atoms with van der Waals surface area (Å²) in [5, 5.41) is 0. The van der Waals surface area contributed by atoms with E-state index in [4.69, 9.17) is 0 Å². The van der Waals surface area contributed by atoms with Crippen LogP contribution in [0.5, 0.6) is 0 Å². The van der Waals surface area contributed by atoms with Crippen molar-refractivity contribution in [3.8, 4) is 11.1 Å². The van der Waals surface area contributed by atoms with Crippen LogP contribution in [0, 0.1) is 42.9 Å². The zero-order valence-electron chi connectivity index (χ0n) is 19.9. The zero-order chi connectivity index (χ0) is 24.1. The minimum absolute atomic E-state index is 0.261. The van der Waals surface area contributed by atoms with E-state index in [0.29, 0.717) is 5.56 Å².